The predicted octanol–water partition coefficient (Wildman–Crippen LogP) is 3.88. The molecule has 1 fully saturated rings. The number of carbonyl (C=O) groups is 2. The Morgan fingerprint density at radius 1 is 1.22 bits per heavy atom. The van der Waals surface area contributed by atoms with Crippen LogP contribution in [0.3, 0.4) is 0 Å². The number of amides is 1. The quantitative estimate of drug-likeness (QED) is 0.469. The van der Waals surface area contributed by atoms with E-state index >= 15 is 0 Å². The van der Waals surface area contributed by atoms with Crippen LogP contribution >= 0.6 is 11.8 Å². The smallest absolute Gasteiger partial charge is 0.303 e. The minimum Gasteiger partial charge on any atom is -0.449 e. The number of thioether (sulfide) groups is 1. The SMILES string of the molecule is CC(=O)OC1C(=O)N([Si](C)(C)C(C)(C)C)C1Sc1ccccc1. The summed E-state index contributed by atoms with van der Waals surface area (Å²) in [6, 6.07) is 9.94. The third kappa shape index (κ3) is 3.48. The van der Waals surface area contributed by atoms with Gasteiger partial charge in [0.05, 0.1) is 0 Å². The van der Waals surface area contributed by atoms with Crippen molar-refractivity contribution in [1.29, 1.82) is 0 Å². The molecule has 0 saturated carbocycles. The zero-order valence-corrected chi connectivity index (χ0v) is 16.4. The molecule has 0 aromatic heterocycles. The van der Waals surface area contributed by atoms with Gasteiger partial charge in [-0.2, -0.15) is 0 Å². The first kappa shape index (κ1) is 18.1. The number of rotatable bonds is 4. The molecule has 1 aromatic rings. The van der Waals surface area contributed by atoms with Gasteiger partial charge >= 0.3 is 5.97 Å². The third-order valence-corrected chi connectivity index (χ3v) is 11.5. The fraction of sp³-hybridized carbons (Fsp3) is 0.529. The molecule has 2 atom stereocenters. The van der Waals surface area contributed by atoms with Crippen LogP contribution in [0.2, 0.25) is 18.1 Å². The first-order valence-electron chi connectivity index (χ1n) is 7.78. The summed E-state index contributed by atoms with van der Waals surface area (Å²) >= 11 is 1.60. The molecule has 0 spiro atoms. The van der Waals surface area contributed by atoms with Crippen LogP contribution in [0.25, 0.3) is 0 Å². The van der Waals surface area contributed by atoms with Crippen molar-refractivity contribution in [2.24, 2.45) is 0 Å². The van der Waals surface area contributed by atoms with Crippen molar-refractivity contribution in [3.05, 3.63) is 30.3 Å². The van der Waals surface area contributed by atoms with E-state index in [-0.39, 0.29) is 16.3 Å². The Hall–Kier alpha value is -1.27. The Morgan fingerprint density at radius 2 is 1.78 bits per heavy atom. The molecule has 4 nitrogen and oxygen atoms in total. The van der Waals surface area contributed by atoms with Crippen LogP contribution in [0, 0.1) is 0 Å². The molecule has 2 rings (SSSR count). The summed E-state index contributed by atoms with van der Waals surface area (Å²) in [5.41, 5.74) is 0. The van der Waals surface area contributed by atoms with E-state index < -0.39 is 20.3 Å². The van der Waals surface area contributed by atoms with Crippen LogP contribution < -0.4 is 0 Å². The van der Waals surface area contributed by atoms with E-state index in [9.17, 15) is 9.59 Å². The summed E-state index contributed by atoms with van der Waals surface area (Å²) in [7, 11) is -2.02. The Balaban J connectivity index is 2.30. The number of nitrogens with zero attached hydrogens (tertiary/aromatic N) is 1. The molecule has 1 aromatic carbocycles. The molecule has 2 unspecified atom stereocenters. The first-order valence-corrected chi connectivity index (χ1v) is 11.6. The number of esters is 1. The number of ether oxygens (including phenoxy) is 1. The molecular formula is C17H25NO3SSi. The molecule has 1 saturated heterocycles. The van der Waals surface area contributed by atoms with Crippen molar-refractivity contribution in [2.75, 3.05) is 0 Å². The van der Waals surface area contributed by atoms with Gasteiger partial charge in [0.2, 0.25) is 6.10 Å². The number of benzene rings is 1. The Labute approximate surface area is 143 Å². The van der Waals surface area contributed by atoms with Crippen LogP contribution in [0.4, 0.5) is 0 Å². The molecule has 126 valence electrons. The lowest BCUT2D eigenvalue weighted by molar-refractivity contribution is -0.169. The van der Waals surface area contributed by atoms with Crippen molar-refractivity contribution < 1.29 is 14.3 Å². The van der Waals surface area contributed by atoms with E-state index in [0.717, 1.165) is 4.90 Å². The summed E-state index contributed by atoms with van der Waals surface area (Å²) in [5.74, 6) is -0.461. The lowest BCUT2D eigenvalue weighted by atomic mass is 10.2. The highest BCUT2D eigenvalue weighted by Crippen LogP contribution is 2.47. The Kier molecular flexibility index (Phi) is 4.96. The van der Waals surface area contributed by atoms with E-state index in [1.165, 1.54) is 6.92 Å². The van der Waals surface area contributed by atoms with E-state index in [1.807, 2.05) is 34.9 Å². The van der Waals surface area contributed by atoms with Crippen molar-refractivity contribution in [3.8, 4) is 0 Å². The second-order valence-corrected chi connectivity index (χ2v) is 13.7. The molecule has 0 aliphatic carbocycles. The minimum atomic E-state index is -2.02. The van der Waals surface area contributed by atoms with Gasteiger partial charge in [0.15, 0.2) is 8.24 Å². The van der Waals surface area contributed by atoms with Gasteiger partial charge < -0.3 is 9.30 Å². The molecule has 6 heteroatoms. The highest BCUT2D eigenvalue weighted by Gasteiger charge is 2.59. The van der Waals surface area contributed by atoms with Crippen LogP contribution in [0.15, 0.2) is 35.2 Å². The molecule has 0 bridgehead atoms. The maximum atomic E-state index is 12.7. The number of hydrogen-bond donors (Lipinski definition) is 0. The zero-order chi connectivity index (χ0) is 17.4. The predicted molar refractivity (Wildman–Crippen MR) is 95.7 cm³/mol. The monoisotopic (exact) mass is 351 g/mol. The molecule has 0 N–H and O–H groups in total. The summed E-state index contributed by atoms with van der Waals surface area (Å²) in [4.78, 5) is 25.1. The van der Waals surface area contributed by atoms with Gasteiger partial charge in [0.1, 0.15) is 5.37 Å². The highest BCUT2D eigenvalue weighted by molar-refractivity contribution is 8.00. The van der Waals surface area contributed by atoms with E-state index in [2.05, 4.69) is 33.9 Å². The van der Waals surface area contributed by atoms with Gasteiger partial charge in [0.25, 0.3) is 5.91 Å². The van der Waals surface area contributed by atoms with E-state index in [1.54, 1.807) is 11.8 Å². The molecular weight excluding hydrogens is 326 g/mol. The van der Waals surface area contributed by atoms with Crippen molar-refractivity contribution in [2.45, 2.75) is 62.2 Å². The van der Waals surface area contributed by atoms with Crippen molar-refractivity contribution >= 4 is 31.9 Å². The maximum absolute atomic E-state index is 12.7. The molecule has 1 aliphatic rings. The van der Waals surface area contributed by atoms with Gasteiger partial charge in [-0.1, -0.05) is 63.8 Å². The van der Waals surface area contributed by atoms with Crippen LogP contribution in [0.5, 0.6) is 0 Å². The van der Waals surface area contributed by atoms with Crippen molar-refractivity contribution in [3.63, 3.8) is 0 Å². The second kappa shape index (κ2) is 6.32. The van der Waals surface area contributed by atoms with Gasteiger partial charge in [0, 0.05) is 11.8 Å². The van der Waals surface area contributed by atoms with Gasteiger partial charge in [-0.3, -0.25) is 9.59 Å². The van der Waals surface area contributed by atoms with E-state index in [4.69, 9.17) is 4.74 Å². The molecule has 0 radical (unpaired) electrons. The minimum absolute atomic E-state index is 0.0410. The largest absolute Gasteiger partial charge is 0.449 e. The van der Waals surface area contributed by atoms with Gasteiger partial charge in [-0.25, -0.2) is 0 Å². The normalized spacial score (nSPS) is 21.8. The highest BCUT2D eigenvalue weighted by atomic mass is 32.2. The molecule has 1 amide bonds. The van der Waals surface area contributed by atoms with Crippen LogP contribution in [0.1, 0.15) is 27.7 Å². The van der Waals surface area contributed by atoms with Gasteiger partial charge in [-0.15, -0.1) is 0 Å². The molecule has 1 heterocycles. The zero-order valence-electron chi connectivity index (χ0n) is 14.6. The average molecular weight is 352 g/mol. The molecule has 1 aliphatic heterocycles. The lowest BCUT2D eigenvalue weighted by Crippen LogP contribution is -2.74. The average Bonchev–Trinajstić information content (AvgIpc) is 2.44. The van der Waals surface area contributed by atoms with Gasteiger partial charge in [-0.05, 0) is 17.2 Å². The third-order valence-electron chi connectivity index (χ3n) is 4.72. The summed E-state index contributed by atoms with van der Waals surface area (Å²) in [6.07, 6.45) is -0.674. The lowest BCUT2D eigenvalue weighted by Gasteiger charge is -2.56. The summed E-state index contributed by atoms with van der Waals surface area (Å²) in [6.45, 7) is 12.3. The Bertz CT molecular complexity index is 598. The fourth-order valence-corrected chi connectivity index (χ4v) is 6.65. The summed E-state index contributed by atoms with van der Waals surface area (Å²) < 4.78 is 7.29. The first-order chi connectivity index (χ1) is 10.6. The topological polar surface area (TPSA) is 46.6 Å². The van der Waals surface area contributed by atoms with Crippen molar-refractivity contribution in [1.82, 2.24) is 4.57 Å². The Morgan fingerprint density at radius 3 is 2.26 bits per heavy atom. The van der Waals surface area contributed by atoms with Crippen LogP contribution in [-0.4, -0.2) is 36.2 Å². The fourth-order valence-electron chi connectivity index (χ4n) is 2.43. The maximum Gasteiger partial charge on any atom is 0.303 e. The molecule has 23 heavy (non-hydrogen) atoms. The summed E-state index contributed by atoms with van der Waals surface area (Å²) in [5, 5.41) is -0.103. The standard InChI is InChI=1S/C17H25NO3SSi/c1-12(19)21-14-15(20)18(23(5,6)17(2,3)4)16(14)22-13-10-8-7-9-11-13/h7-11,14,16H,1-6H3. The number of β-lactam (4-membered cyclic amide) rings is 1. The second-order valence-electron chi connectivity index (χ2n) is 7.37. The van der Waals surface area contributed by atoms with Crippen LogP contribution in [-0.2, 0) is 14.3 Å². The van der Waals surface area contributed by atoms with E-state index in [0.29, 0.717) is 0 Å². The number of hydrogen-bond acceptors (Lipinski definition) is 4. The number of carbonyl (C=O) groups excluding carboxylic acids is 2.